The number of rotatable bonds is 2. The van der Waals surface area contributed by atoms with Gasteiger partial charge in [-0.3, -0.25) is 9.69 Å². The molecule has 0 saturated heterocycles. The number of carbonyl (C=O) groups is 2. The van der Waals surface area contributed by atoms with Crippen molar-refractivity contribution in [3.8, 4) is 0 Å². The van der Waals surface area contributed by atoms with Crippen LogP contribution in [0.4, 0.5) is 5.69 Å². The minimum Gasteiger partial charge on any atom is -0.480 e. The molecule has 1 amide bonds. The number of amides is 1. The monoisotopic (exact) mass is 275 g/mol. The minimum atomic E-state index is -1.01. The molecule has 2 aromatic rings. The number of para-hydroxylation sites is 1. The third kappa shape index (κ3) is 1.88. The molecule has 0 bridgehead atoms. The fourth-order valence-corrected chi connectivity index (χ4v) is 2.67. The molecule has 0 saturated carbocycles. The van der Waals surface area contributed by atoms with Gasteiger partial charge in [-0.05, 0) is 23.2 Å². The van der Waals surface area contributed by atoms with E-state index in [1.165, 1.54) is 11.1 Å². The third-order valence-corrected chi connectivity index (χ3v) is 3.70. The van der Waals surface area contributed by atoms with Crippen LogP contribution in [-0.4, -0.2) is 32.6 Å². The zero-order valence-electron chi connectivity index (χ0n) is 9.68. The molecule has 1 aliphatic heterocycles. The summed E-state index contributed by atoms with van der Waals surface area (Å²) in [5.41, 5.74) is 1.51. The molecule has 6 nitrogen and oxygen atoms in total. The van der Waals surface area contributed by atoms with Crippen molar-refractivity contribution in [3.63, 3.8) is 0 Å². The van der Waals surface area contributed by atoms with E-state index in [0.717, 1.165) is 17.1 Å². The maximum atomic E-state index is 12.4. The predicted octanol–water partition coefficient (Wildman–Crippen LogP) is 1.19. The van der Waals surface area contributed by atoms with Gasteiger partial charge in [-0.25, -0.2) is 4.79 Å². The van der Waals surface area contributed by atoms with Crippen molar-refractivity contribution in [3.05, 3.63) is 40.9 Å². The van der Waals surface area contributed by atoms with Crippen molar-refractivity contribution in [2.75, 3.05) is 4.90 Å². The highest BCUT2D eigenvalue weighted by Crippen LogP contribution is 2.33. The summed E-state index contributed by atoms with van der Waals surface area (Å²) in [6.07, 6.45) is 1.68. The summed E-state index contributed by atoms with van der Waals surface area (Å²) in [6, 6.07) is 6.34. The van der Waals surface area contributed by atoms with Crippen LogP contribution < -0.4 is 4.90 Å². The summed E-state index contributed by atoms with van der Waals surface area (Å²) in [4.78, 5) is 25.4. The average Bonchev–Trinajstić information content (AvgIpc) is 3.05. The summed E-state index contributed by atoms with van der Waals surface area (Å²) < 4.78 is 3.64. The van der Waals surface area contributed by atoms with Gasteiger partial charge in [0.25, 0.3) is 5.91 Å². The number of fused-ring (bicyclic) bond motifs is 1. The van der Waals surface area contributed by atoms with E-state index in [0.29, 0.717) is 17.0 Å². The van der Waals surface area contributed by atoms with Crippen molar-refractivity contribution in [2.24, 2.45) is 0 Å². The molecule has 0 spiro atoms. The van der Waals surface area contributed by atoms with Gasteiger partial charge in [-0.2, -0.15) is 0 Å². The maximum Gasteiger partial charge on any atom is 0.327 e. The number of benzene rings is 1. The smallest absolute Gasteiger partial charge is 0.327 e. The molecule has 1 aliphatic rings. The summed E-state index contributed by atoms with van der Waals surface area (Å²) in [7, 11) is 0. The minimum absolute atomic E-state index is 0.323. The van der Waals surface area contributed by atoms with Crippen LogP contribution in [0, 0.1) is 0 Å². The van der Waals surface area contributed by atoms with E-state index < -0.39 is 12.0 Å². The van der Waals surface area contributed by atoms with Crippen molar-refractivity contribution in [2.45, 2.75) is 12.5 Å². The number of hydrogen-bond acceptors (Lipinski definition) is 5. The Morgan fingerprint density at radius 2 is 2.16 bits per heavy atom. The van der Waals surface area contributed by atoms with Crippen LogP contribution in [0.2, 0.25) is 0 Å². The maximum absolute atomic E-state index is 12.4. The van der Waals surface area contributed by atoms with E-state index in [9.17, 15) is 14.7 Å². The lowest BCUT2D eigenvalue weighted by Gasteiger charge is -2.21. The van der Waals surface area contributed by atoms with Crippen molar-refractivity contribution >= 4 is 29.1 Å². The highest BCUT2D eigenvalue weighted by molar-refractivity contribution is 7.07. The number of hydrogen-bond donors (Lipinski definition) is 1. The second kappa shape index (κ2) is 4.43. The normalized spacial score (nSPS) is 17.3. The first-order valence-corrected chi connectivity index (χ1v) is 6.37. The summed E-state index contributed by atoms with van der Waals surface area (Å²) in [5.74, 6) is -1.38. The zero-order chi connectivity index (χ0) is 13.4. The van der Waals surface area contributed by atoms with E-state index in [1.54, 1.807) is 12.1 Å². The Morgan fingerprint density at radius 1 is 1.37 bits per heavy atom. The van der Waals surface area contributed by atoms with Crippen LogP contribution in [0.15, 0.2) is 30.5 Å². The molecule has 1 atom stereocenters. The number of anilines is 1. The molecule has 1 N–H and O–H groups in total. The molecule has 1 aromatic carbocycles. The van der Waals surface area contributed by atoms with Gasteiger partial charge in [0.15, 0.2) is 0 Å². The number of carboxylic acids is 1. The Morgan fingerprint density at radius 3 is 2.84 bits per heavy atom. The van der Waals surface area contributed by atoms with Crippen molar-refractivity contribution < 1.29 is 14.7 Å². The van der Waals surface area contributed by atoms with Gasteiger partial charge in [0.05, 0.1) is 6.20 Å². The lowest BCUT2D eigenvalue weighted by molar-refractivity contribution is -0.138. The van der Waals surface area contributed by atoms with Crippen LogP contribution in [-0.2, 0) is 11.2 Å². The second-order valence-corrected chi connectivity index (χ2v) is 4.93. The molecule has 0 aliphatic carbocycles. The highest BCUT2D eigenvalue weighted by Gasteiger charge is 2.39. The first-order chi connectivity index (χ1) is 9.18. The first-order valence-electron chi connectivity index (χ1n) is 5.60. The largest absolute Gasteiger partial charge is 0.480 e. The van der Waals surface area contributed by atoms with E-state index in [1.807, 2.05) is 12.1 Å². The van der Waals surface area contributed by atoms with Crippen LogP contribution >= 0.6 is 11.5 Å². The molecule has 19 heavy (non-hydrogen) atoms. The van der Waals surface area contributed by atoms with Gasteiger partial charge in [0.2, 0.25) is 0 Å². The predicted molar refractivity (Wildman–Crippen MR) is 68.3 cm³/mol. The van der Waals surface area contributed by atoms with Gasteiger partial charge >= 0.3 is 5.97 Å². The Labute approximate surface area is 112 Å². The Balaban J connectivity index is 2.05. The van der Waals surface area contributed by atoms with Gasteiger partial charge < -0.3 is 5.11 Å². The molecule has 2 heterocycles. The molecule has 1 aromatic heterocycles. The summed E-state index contributed by atoms with van der Waals surface area (Å²) in [5, 5.41) is 12.9. The number of aliphatic carboxylic acids is 1. The number of carbonyl (C=O) groups excluding carboxylic acids is 1. The van der Waals surface area contributed by atoms with Crippen LogP contribution in [0.25, 0.3) is 0 Å². The van der Waals surface area contributed by atoms with E-state index >= 15 is 0 Å². The van der Waals surface area contributed by atoms with Gasteiger partial charge in [0.1, 0.15) is 10.9 Å². The van der Waals surface area contributed by atoms with Gasteiger partial charge in [-0.1, -0.05) is 22.7 Å². The molecular weight excluding hydrogens is 266 g/mol. The van der Waals surface area contributed by atoms with E-state index in [-0.39, 0.29) is 5.91 Å². The second-order valence-electron chi connectivity index (χ2n) is 4.14. The standard InChI is InChI=1S/C12H9N3O3S/c16-11(10-6-13-14-19-10)15-8-4-2-1-3-7(8)5-9(15)12(17)18/h1-4,6,9H,5H2,(H,17,18). The van der Waals surface area contributed by atoms with Gasteiger partial charge in [-0.15, -0.1) is 5.10 Å². The summed E-state index contributed by atoms with van der Waals surface area (Å²) in [6.45, 7) is 0. The zero-order valence-corrected chi connectivity index (χ0v) is 10.5. The van der Waals surface area contributed by atoms with Crippen molar-refractivity contribution in [1.29, 1.82) is 0 Å². The summed E-state index contributed by atoms with van der Waals surface area (Å²) >= 11 is 0.961. The molecule has 1 unspecified atom stereocenters. The van der Waals surface area contributed by atoms with Crippen LogP contribution in [0.3, 0.4) is 0 Å². The topological polar surface area (TPSA) is 83.4 Å². The third-order valence-electron chi connectivity index (χ3n) is 3.05. The van der Waals surface area contributed by atoms with Crippen molar-refractivity contribution in [1.82, 2.24) is 9.59 Å². The Bertz CT molecular complexity index is 641. The number of aromatic nitrogens is 2. The fraction of sp³-hybridized carbons (Fsp3) is 0.167. The number of carboxylic acid groups (broad SMARTS) is 1. The van der Waals surface area contributed by atoms with E-state index in [2.05, 4.69) is 9.59 Å². The molecule has 96 valence electrons. The van der Waals surface area contributed by atoms with Crippen LogP contribution in [0.1, 0.15) is 15.2 Å². The molecule has 0 fully saturated rings. The molecular formula is C12H9N3O3S. The Hall–Kier alpha value is -2.28. The molecule has 3 rings (SSSR count). The Kier molecular flexibility index (Phi) is 2.75. The van der Waals surface area contributed by atoms with Gasteiger partial charge in [0, 0.05) is 12.1 Å². The SMILES string of the molecule is O=C(O)C1Cc2ccccc2N1C(=O)c1cnns1. The lowest BCUT2D eigenvalue weighted by atomic mass is 10.1. The highest BCUT2D eigenvalue weighted by atomic mass is 32.1. The quantitative estimate of drug-likeness (QED) is 0.890. The number of nitrogens with zero attached hydrogens (tertiary/aromatic N) is 3. The van der Waals surface area contributed by atoms with Crippen LogP contribution in [0.5, 0.6) is 0 Å². The molecule has 0 radical (unpaired) electrons. The molecule has 7 heteroatoms. The average molecular weight is 275 g/mol. The van der Waals surface area contributed by atoms with E-state index in [4.69, 9.17) is 0 Å². The first kappa shape index (κ1) is 11.8. The fourth-order valence-electron chi connectivity index (χ4n) is 2.21. The lowest BCUT2D eigenvalue weighted by Crippen LogP contribution is -2.42.